The van der Waals surface area contributed by atoms with Gasteiger partial charge in [0.05, 0.1) is 11.9 Å². The molecule has 1 unspecified atom stereocenters. The monoisotopic (exact) mass is 375 g/mol. The first kappa shape index (κ1) is 19.9. The molecule has 1 aromatic rings. The number of aromatic nitrogens is 2. The molecule has 0 aromatic carbocycles. The van der Waals surface area contributed by atoms with Crippen molar-refractivity contribution in [1.29, 1.82) is 0 Å². The average molecular weight is 376 g/mol. The van der Waals surface area contributed by atoms with E-state index in [4.69, 9.17) is 0 Å². The Hall–Kier alpha value is -1.89. The minimum absolute atomic E-state index is 0.0600. The first-order valence-electron chi connectivity index (χ1n) is 10.2. The molecule has 0 radical (unpaired) electrons. The van der Waals surface area contributed by atoms with Gasteiger partial charge in [0, 0.05) is 45.2 Å². The van der Waals surface area contributed by atoms with Crippen molar-refractivity contribution in [3.05, 3.63) is 22.6 Å². The summed E-state index contributed by atoms with van der Waals surface area (Å²) >= 11 is 0. The van der Waals surface area contributed by atoms with Crippen LogP contribution in [0, 0.1) is 5.92 Å². The Morgan fingerprint density at radius 2 is 2.00 bits per heavy atom. The van der Waals surface area contributed by atoms with E-state index in [1.165, 1.54) is 4.68 Å². The fraction of sp³-hybridized carbons (Fsp3) is 0.750. The molecule has 2 saturated heterocycles. The summed E-state index contributed by atoms with van der Waals surface area (Å²) in [4.78, 5) is 31.4. The lowest BCUT2D eigenvalue weighted by Gasteiger charge is -2.37. The first-order valence-corrected chi connectivity index (χ1v) is 10.2. The van der Waals surface area contributed by atoms with Gasteiger partial charge in [0.2, 0.25) is 5.91 Å². The van der Waals surface area contributed by atoms with E-state index < -0.39 is 0 Å². The maximum atomic E-state index is 12.8. The minimum atomic E-state index is -0.0600. The van der Waals surface area contributed by atoms with E-state index in [0.29, 0.717) is 24.9 Å². The highest BCUT2D eigenvalue weighted by molar-refractivity contribution is 5.76. The fourth-order valence-electron chi connectivity index (χ4n) is 4.28. The van der Waals surface area contributed by atoms with Crippen LogP contribution in [0.15, 0.2) is 17.1 Å². The molecule has 3 rings (SSSR count). The molecule has 7 heteroatoms. The lowest BCUT2D eigenvalue weighted by atomic mass is 9.93. The molecular weight excluding hydrogens is 342 g/mol. The molecule has 0 saturated carbocycles. The summed E-state index contributed by atoms with van der Waals surface area (Å²) in [6, 6.07) is 2.05. The van der Waals surface area contributed by atoms with Crippen LogP contribution < -0.4 is 10.5 Å². The average Bonchev–Trinajstić information content (AvgIpc) is 2.68. The molecule has 2 fully saturated rings. The Bertz CT molecular complexity index is 696. The molecule has 2 aliphatic heterocycles. The SMILES string of the molecule is CCn1ncc(N2CCCC(CC(=O)N(C)C3CCN(C)CC3)C2)cc1=O. The molecule has 1 aromatic heterocycles. The van der Waals surface area contributed by atoms with Gasteiger partial charge in [-0.2, -0.15) is 5.10 Å². The van der Waals surface area contributed by atoms with E-state index in [9.17, 15) is 9.59 Å². The van der Waals surface area contributed by atoms with Crippen molar-refractivity contribution in [2.24, 2.45) is 5.92 Å². The number of hydrogen-bond acceptors (Lipinski definition) is 5. The molecule has 1 atom stereocenters. The summed E-state index contributed by atoms with van der Waals surface area (Å²) in [6.45, 7) is 6.37. The van der Waals surface area contributed by atoms with Crippen LogP contribution in [0.3, 0.4) is 0 Å². The molecule has 0 spiro atoms. The highest BCUT2D eigenvalue weighted by atomic mass is 16.2. The molecule has 7 nitrogen and oxygen atoms in total. The van der Waals surface area contributed by atoms with Gasteiger partial charge in [-0.15, -0.1) is 0 Å². The Morgan fingerprint density at radius 1 is 1.26 bits per heavy atom. The summed E-state index contributed by atoms with van der Waals surface area (Å²) in [5, 5.41) is 4.24. The Balaban J connectivity index is 1.57. The van der Waals surface area contributed by atoms with Crippen molar-refractivity contribution in [2.45, 2.75) is 51.6 Å². The number of carbonyl (C=O) groups excluding carboxylic acids is 1. The maximum absolute atomic E-state index is 12.8. The number of hydrogen-bond donors (Lipinski definition) is 0. The van der Waals surface area contributed by atoms with Crippen LogP contribution in [-0.2, 0) is 11.3 Å². The third-order valence-electron chi connectivity index (χ3n) is 6.13. The second-order valence-corrected chi connectivity index (χ2v) is 8.07. The number of aryl methyl sites for hydroxylation is 1. The van der Waals surface area contributed by atoms with Crippen molar-refractivity contribution < 1.29 is 4.79 Å². The zero-order valence-corrected chi connectivity index (χ0v) is 16.9. The standard InChI is InChI=1S/C20H33N5O2/c1-4-25-20(27)13-18(14-21-25)24-9-5-6-16(15-24)12-19(26)23(3)17-7-10-22(2)11-8-17/h13-14,16-17H,4-12,15H2,1-3H3. The number of carbonyl (C=O) groups is 1. The summed E-state index contributed by atoms with van der Waals surface area (Å²) in [6.07, 6.45) is 6.62. The molecule has 0 N–H and O–H groups in total. The van der Waals surface area contributed by atoms with E-state index >= 15 is 0 Å². The molecule has 1 amide bonds. The van der Waals surface area contributed by atoms with Crippen LogP contribution >= 0.6 is 0 Å². The van der Waals surface area contributed by atoms with E-state index in [2.05, 4.69) is 21.9 Å². The zero-order chi connectivity index (χ0) is 19.4. The van der Waals surface area contributed by atoms with Gasteiger partial charge in [-0.25, -0.2) is 4.68 Å². The second kappa shape index (κ2) is 8.87. The molecule has 0 aliphatic carbocycles. The van der Waals surface area contributed by atoms with Crippen LogP contribution in [0.1, 0.15) is 39.0 Å². The van der Waals surface area contributed by atoms with Crippen molar-refractivity contribution in [3.63, 3.8) is 0 Å². The summed E-state index contributed by atoms with van der Waals surface area (Å²) in [5.41, 5.74) is 0.820. The largest absolute Gasteiger partial charge is 0.370 e. The lowest BCUT2D eigenvalue weighted by molar-refractivity contribution is -0.133. The molecule has 27 heavy (non-hydrogen) atoms. The van der Waals surface area contributed by atoms with Gasteiger partial charge in [0.1, 0.15) is 0 Å². The quantitative estimate of drug-likeness (QED) is 0.779. The predicted octanol–water partition coefficient (Wildman–Crippen LogP) is 1.42. The third-order valence-corrected chi connectivity index (χ3v) is 6.13. The van der Waals surface area contributed by atoms with Gasteiger partial charge in [-0.3, -0.25) is 9.59 Å². The molecule has 2 aliphatic rings. The number of nitrogens with zero attached hydrogens (tertiary/aromatic N) is 5. The van der Waals surface area contributed by atoms with Crippen molar-refractivity contribution >= 4 is 11.6 Å². The van der Waals surface area contributed by atoms with E-state index in [1.54, 1.807) is 12.3 Å². The number of piperidine rings is 2. The molecule has 0 bridgehead atoms. The predicted molar refractivity (Wildman–Crippen MR) is 107 cm³/mol. The van der Waals surface area contributed by atoms with Crippen LogP contribution in [-0.4, -0.2) is 71.8 Å². The third kappa shape index (κ3) is 4.89. The zero-order valence-electron chi connectivity index (χ0n) is 16.9. The second-order valence-electron chi connectivity index (χ2n) is 8.07. The fourth-order valence-corrected chi connectivity index (χ4v) is 4.28. The van der Waals surface area contributed by atoms with Crippen LogP contribution in [0.2, 0.25) is 0 Å². The van der Waals surface area contributed by atoms with Gasteiger partial charge < -0.3 is 14.7 Å². The number of rotatable bonds is 5. The Kier molecular flexibility index (Phi) is 6.52. The highest BCUT2D eigenvalue weighted by Crippen LogP contribution is 2.25. The molecule has 3 heterocycles. The minimum Gasteiger partial charge on any atom is -0.370 e. The lowest BCUT2D eigenvalue weighted by Crippen LogP contribution is -2.46. The van der Waals surface area contributed by atoms with Crippen LogP contribution in [0.4, 0.5) is 5.69 Å². The summed E-state index contributed by atoms with van der Waals surface area (Å²) in [7, 11) is 4.11. The smallest absolute Gasteiger partial charge is 0.268 e. The van der Waals surface area contributed by atoms with E-state index in [0.717, 1.165) is 57.5 Å². The van der Waals surface area contributed by atoms with Crippen LogP contribution in [0.5, 0.6) is 0 Å². The number of anilines is 1. The molecular formula is C20H33N5O2. The Labute approximate surface area is 161 Å². The van der Waals surface area contributed by atoms with Crippen molar-refractivity contribution in [2.75, 3.05) is 45.2 Å². The van der Waals surface area contributed by atoms with E-state index in [-0.39, 0.29) is 11.5 Å². The van der Waals surface area contributed by atoms with Gasteiger partial charge >= 0.3 is 0 Å². The summed E-state index contributed by atoms with van der Waals surface area (Å²) in [5.74, 6) is 0.601. The van der Waals surface area contributed by atoms with Gasteiger partial charge in [-0.05, 0) is 58.7 Å². The topological polar surface area (TPSA) is 61.7 Å². The van der Waals surface area contributed by atoms with Gasteiger partial charge in [-0.1, -0.05) is 0 Å². The maximum Gasteiger partial charge on any atom is 0.268 e. The van der Waals surface area contributed by atoms with Crippen LogP contribution in [0.25, 0.3) is 0 Å². The summed E-state index contributed by atoms with van der Waals surface area (Å²) < 4.78 is 1.46. The normalized spacial score (nSPS) is 22.0. The number of amides is 1. The van der Waals surface area contributed by atoms with Gasteiger partial charge in [0.25, 0.3) is 5.56 Å². The molecule has 150 valence electrons. The number of likely N-dealkylation sites (tertiary alicyclic amines) is 1. The first-order chi connectivity index (χ1) is 13.0. The Morgan fingerprint density at radius 3 is 2.67 bits per heavy atom. The van der Waals surface area contributed by atoms with Crippen molar-refractivity contribution in [1.82, 2.24) is 19.6 Å². The highest BCUT2D eigenvalue weighted by Gasteiger charge is 2.28. The van der Waals surface area contributed by atoms with Gasteiger partial charge in [0.15, 0.2) is 0 Å². The van der Waals surface area contributed by atoms with E-state index in [1.807, 2.05) is 18.9 Å². The van der Waals surface area contributed by atoms with Crippen molar-refractivity contribution in [3.8, 4) is 0 Å².